The third-order valence-corrected chi connectivity index (χ3v) is 4.67. The zero-order valence-electron chi connectivity index (χ0n) is 12.6. The van der Waals surface area contributed by atoms with Crippen LogP contribution in [-0.4, -0.2) is 43.1 Å². The number of nitrogens with zero attached hydrogens (tertiary/aromatic N) is 2. The lowest BCUT2D eigenvalue weighted by Crippen LogP contribution is -2.47. The number of hydrogen-bond donors (Lipinski definition) is 2. The fourth-order valence-corrected chi connectivity index (χ4v) is 3.26. The van der Waals surface area contributed by atoms with Gasteiger partial charge >= 0.3 is 0 Å². The second kappa shape index (κ2) is 6.43. The van der Waals surface area contributed by atoms with Crippen molar-refractivity contribution in [1.29, 1.82) is 0 Å². The van der Waals surface area contributed by atoms with E-state index in [1.54, 1.807) is 0 Å². The molecule has 5 heteroatoms. The molecule has 0 spiro atoms. The highest BCUT2D eigenvalue weighted by Gasteiger charge is 2.31. The summed E-state index contributed by atoms with van der Waals surface area (Å²) in [5.74, 6) is 1.84. The van der Waals surface area contributed by atoms with E-state index in [1.807, 2.05) is 24.4 Å². The molecule has 114 valence electrons. The van der Waals surface area contributed by atoms with Crippen LogP contribution in [0.5, 0.6) is 0 Å². The molecule has 2 fully saturated rings. The third-order valence-electron chi connectivity index (χ3n) is 4.67. The monoisotopic (exact) mass is 288 g/mol. The van der Waals surface area contributed by atoms with Crippen molar-refractivity contribution in [3.63, 3.8) is 0 Å². The molecule has 0 saturated carbocycles. The van der Waals surface area contributed by atoms with Crippen molar-refractivity contribution in [3.05, 3.63) is 24.4 Å². The van der Waals surface area contributed by atoms with Crippen molar-refractivity contribution in [1.82, 2.24) is 15.6 Å². The molecule has 21 heavy (non-hydrogen) atoms. The van der Waals surface area contributed by atoms with Crippen LogP contribution in [0.25, 0.3) is 0 Å². The van der Waals surface area contributed by atoms with Crippen LogP contribution in [0.3, 0.4) is 0 Å². The Morgan fingerprint density at radius 1 is 1.33 bits per heavy atom. The molecule has 1 amide bonds. The molecular formula is C16H24N4O. The highest BCUT2D eigenvalue weighted by Crippen LogP contribution is 2.19. The number of nitrogens with one attached hydrogen (secondary N) is 2. The molecule has 1 aromatic rings. The second-order valence-corrected chi connectivity index (χ2v) is 6.20. The molecule has 2 saturated heterocycles. The van der Waals surface area contributed by atoms with Gasteiger partial charge in [-0.25, -0.2) is 4.98 Å². The molecule has 2 aliphatic rings. The largest absolute Gasteiger partial charge is 0.356 e. The van der Waals surface area contributed by atoms with E-state index in [0.29, 0.717) is 12.0 Å². The summed E-state index contributed by atoms with van der Waals surface area (Å²) in [6.07, 6.45) is 3.82. The van der Waals surface area contributed by atoms with Gasteiger partial charge in [-0.05, 0) is 37.4 Å². The van der Waals surface area contributed by atoms with E-state index in [9.17, 15) is 4.79 Å². The number of hydrogen-bond acceptors (Lipinski definition) is 4. The molecule has 0 aromatic carbocycles. The molecule has 0 aliphatic carbocycles. The van der Waals surface area contributed by atoms with E-state index in [2.05, 4.69) is 27.4 Å². The average molecular weight is 288 g/mol. The first-order valence-electron chi connectivity index (χ1n) is 7.91. The summed E-state index contributed by atoms with van der Waals surface area (Å²) >= 11 is 0. The molecule has 0 radical (unpaired) electrons. The average Bonchev–Trinajstić information content (AvgIpc) is 2.95. The molecule has 2 aliphatic heterocycles. The van der Waals surface area contributed by atoms with Crippen molar-refractivity contribution in [3.8, 4) is 0 Å². The number of aromatic nitrogens is 1. The van der Waals surface area contributed by atoms with E-state index in [1.165, 1.54) is 0 Å². The lowest BCUT2D eigenvalue weighted by atomic mass is 9.96. The van der Waals surface area contributed by atoms with E-state index in [4.69, 9.17) is 0 Å². The SMILES string of the molecule is CC1CNCC1C(=O)NC1CCN(c2ccccn2)CC1. The van der Waals surface area contributed by atoms with E-state index < -0.39 is 0 Å². The maximum absolute atomic E-state index is 12.3. The molecule has 2 atom stereocenters. The van der Waals surface area contributed by atoms with Crippen LogP contribution < -0.4 is 15.5 Å². The number of carbonyl (C=O) groups excluding carboxylic acids is 1. The van der Waals surface area contributed by atoms with Gasteiger partial charge in [0.1, 0.15) is 5.82 Å². The Bertz CT molecular complexity index is 470. The van der Waals surface area contributed by atoms with E-state index in [-0.39, 0.29) is 11.8 Å². The molecule has 1 aromatic heterocycles. The predicted octanol–water partition coefficient (Wildman–Crippen LogP) is 1.02. The van der Waals surface area contributed by atoms with E-state index in [0.717, 1.165) is 44.8 Å². The maximum atomic E-state index is 12.3. The minimum absolute atomic E-state index is 0.138. The van der Waals surface area contributed by atoms with E-state index >= 15 is 0 Å². The van der Waals surface area contributed by atoms with Gasteiger partial charge in [0, 0.05) is 31.9 Å². The first-order chi connectivity index (χ1) is 10.2. The Kier molecular flexibility index (Phi) is 4.39. The van der Waals surface area contributed by atoms with Crippen LogP contribution in [0.15, 0.2) is 24.4 Å². The molecule has 5 nitrogen and oxygen atoms in total. The second-order valence-electron chi connectivity index (χ2n) is 6.20. The number of carbonyl (C=O) groups is 1. The van der Waals surface area contributed by atoms with Crippen molar-refractivity contribution in [2.45, 2.75) is 25.8 Å². The summed E-state index contributed by atoms with van der Waals surface area (Å²) in [4.78, 5) is 19.0. The van der Waals surface area contributed by atoms with Crippen LogP contribution in [0.1, 0.15) is 19.8 Å². The van der Waals surface area contributed by atoms with Gasteiger partial charge in [0.15, 0.2) is 0 Å². The highest BCUT2D eigenvalue weighted by molar-refractivity contribution is 5.79. The van der Waals surface area contributed by atoms with Gasteiger partial charge in [-0.1, -0.05) is 13.0 Å². The van der Waals surface area contributed by atoms with Crippen LogP contribution in [-0.2, 0) is 4.79 Å². The fourth-order valence-electron chi connectivity index (χ4n) is 3.26. The topological polar surface area (TPSA) is 57.3 Å². The molecule has 3 heterocycles. The van der Waals surface area contributed by atoms with Crippen molar-refractivity contribution >= 4 is 11.7 Å². The first kappa shape index (κ1) is 14.3. The zero-order valence-corrected chi connectivity index (χ0v) is 12.6. The van der Waals surface area contributed by atoms with Gasteiger partial charge in [-0.2, -0.15) is 0 Å². The Labute approximate surface area is 126 Å². The number of amides is 1. The van der Waals surface area contributed by atoms with Crippen LogP contribution in [0.4, 0.5) is 5.82 Å². The summed E-state index contributed by atoms with van der Waals surface area (Å²) in [5.41, 5.74) is 0. The third kappa shape index (κ3) is 3.35. The Balaban J connectivity index is 1.49. The van der Waals surface area contributed by atoms with Gasteiger partial charge in [0.2, 0.25) is 5.91 Å². The minimum atomic E-state index is 0.138. The fraction of sp³-hybridized carbons (Fsp3) is 0.625. The van der Waals surface area contributed by atoms with Crippen LogP contribution in [0.2, 0.25) is 0 Å². The first-order valence-corrected chi connectivity index (χ1v) is 7.91. The molecule has 3 rings (SSSR count). The van der Waals surface area contributed by atoms with Gasteiger partial charge in [0.25, 0.3) is 0 Å². The minimum Gasteiger partial charge on any atom is -0.356 e. The number of anilines is 1. The molecule has 0 bridgehead atoms. The molecule has 2 N–H and O–H groups in total. The Morgan fingerprint density at radius 3 is 2.76 bits per heavy atom. The number of piperidine rings is 1. The van der Waals surface area contributed by atoms with Gasteiger partial charge in [-0.15, -0.1) is 0 Å². The van der Waals surface area contributed by atoms with Crippen LogP contribution in [0, 0.1) is 11.8 Å². The lowest BCUT2D eigenvalue weighted by Gasteiger charge is -2.33. The van der Waals surface area contributed by atoms with Crippen molar-refractivity contribution in [2.75, 3.05) is 31.1 Å². The normalized spacial score (nSPS) is 26.8. The molecule has 2 unspecified atom stereocenters. The Morgan fingerprint density at radius 2 is 2.14 bits per heavy atom. The zero-order chi connectivity index (χ0) is 14.7. The summed E-state index contributed by atoms with van der Waals surface area (Å²) < 4.78 is 0. The van der Waals surface area contributed by atoms with Crippen molar-refractivity contribution < 1.29 is 4.79 Å². The summed E-state index contributed by atoms with van der Waals surface area (Å²) in [7, 11) is 0. The summed E-state index contributed by atoms with van der Waals surface area (Å²) in [6.45, 7) is 5.84. The van der Waals surface area contributed by atoms with Gasteiger partial charge in [-0.3, -0.25) is 4.79 Å². The highest BCUT2D eigenvalue weighted by atomic mass is 16.2. The summed E-state index contributed by atoms with van der Waals surface area (Å²) in [5, 5.41) is 6.53. The van der Waals surface area contributed by atoms with Crippen LogP contribution >= 0.6 is 0 Å². The number of pyridine rings is 1. The number of rotatable bonds is 3. The maximum Gasteiger partial charge on any atom is 0.224 e. The predicted molar refractivity (Wildman–Crippen MR) is 83.1 cm³/mol. The van der Waals surface area contributed by atoms with Gasteiger partial charge in [0.05, 0.1) is 5.92 Å². The van der Waals surface area contributed by atoms with Crippen molar-refractivity contribution in [2.24, 2.45) is 11.8 Å². The van der Waals surface area contributed by atoms with Gasteiger partial charge < -0.3 is 15.5 Å². The smallest absolute Gasteiger partial charge is 0.224 e. The summed E-state index contributed by atoms with van der Waals surface area (Å²) in [6, 6.07) is 6.31. The quantitative estimate of drug-likeness (QED) is 0.872. The Hall–Kier alpha value is -1.62. The standard InChI is InChI=1S/C16H24N4O/c1-12-10-17-11-14(12)16(21)19-13-5-8-20(9-6-13)15-4-2-3-7-18-15/h2-4,7,12-14,17H,5-6,8-11H2,1H3,(H,19,21). The molecular weight excluding hydrogens is 264 g/mol. The lowest BCUT2D eigenvalue weighted by molar-refractivity contribution is -0.126.